The lowest BCUT2D eigenvalue weighted by molar-refractivity contribution is -0.161. The minimum atomic E-state index is -5.01. The van der Waals surface area contributed by atoms with E-state index in [1.165, 1.54) is 38.5 Å². The van der Waals surface area contributed by atoms with Gasteiger partial charge in [-0.15, -0.1) is 0 Å². The van der Waals surface area contributed by atoms with Crippen LogP contribution >= 0.6 is 15.6 Å². The molecule has 102 heavy (non-hydrogen) atoms. The summed E-state index contributed by atoms with van der Waals surface area (Å²) in [4.78, 5) is 72.8. The standard InChI is InChI=1S/C83H134O17P2/c1-5-9-13-17-21-25-29-32-35-37-38-40-43-45-49-52-56-60-64-68-80(85)93-73-78(99-82(87)69-65-61-57-53-47-28-24-20-16-12-8-4)75-97-101(89,90)95-71-77(84)72-96-102(91,92)98-76-79(100-83(88)70-66-62-58-54-50-46-41-34-31-27-23-19-15-11-7-3)74-94-81(86)67-63-59-55-51-48-44-42-39-36-33-30-26-22-18-14-10-6-2/h9-11,13-15,21-23,25-27,32-36,38,40-41,45,49-50,54,56,60,62,66,77-79,84H,5-8,12,16-20,24,28-31,37,39,42-44,46-48,51-53,55,57-59,61,63-65,67-76H2,1-4H3,(H,89,90)(H,91,92)/b13-9-,14-10-,15-11-,25-21-,26-22-,27-23-,35-32-,36-33-,40-38-,41-34-,49-45-,54-50-,60-56-,66-62-. The van der Waals surface area contributed by atoms with Crippen molar-refractivity contribution in [2.75, 3.05) is 39.6 Å². The molecule has 0 fully saturated rings. The molecule has 0 aromatic rings. The van der Waals surface area contributed by atoms with Gasteiger partial charge < -0.3 is 33.8 Å². The molecule has 5 atom stereocenters. The number of esters is 4. The van der Waals surface area contributed by atoms with E-state index in [1.54, 1.807) is 12.2 Å². The summed E-state index contributed by atoms with van der Waals surface area (Å²) in [6.07, 6.45) is 86.8. The summed E-state index contributed by atoms with van der Waals surface area (Å²) in [6, 6.07) is 0. The summed E-state index contributed by atoms with van der Waals surface area (Å²) >= 11 is 0. The summed E-state index contributed by atoms with van der Waals surface area (Å²) in [5.41, 5.74) is 0. The van der Waals surface area contributed by atoms with E-state index in [0.29, 0.717) is 32.1 Å². The van der Waals surface area contributed by atoms with Gasteiger partial charge in [-0.1, -0.05) is 294 Å². The molecule has 0 saturated carbocycles. The van der Waals surface area contributed by atoms with Crippen LogP contribution in [-0.4, -0.2) is 96.7 Å². The van der Waals surface area contributed by atoms with E-state index in [0.717, 1.165) is 148 Å². The maximum absolute atomic E-state index is 13.1. The van der Waals surface area contributed by atoms with Crippen LogP contribution in [0.4, 0.5) is 0 Å². The summed E-state index contributed by atoms with van der Waals surface area (Å²) in [7, 11) is -10.0. The zero-order valence-corrected chi connectivity index (χ0v) is 64.8. The molecule has 0 heterocycles. The fourth-order valence-corrected chi connectivity index (χ4v) is 11.1. The Labute approximate surface area is 616 Å². The fraction of sp³-hybridized carbons (Fsp3) is 0.614. The molecule has 19 heteroatoms. The number of rotatable bonds is 70. The van der Waals surface area contributed by atoms with Gasteiger partial charge in [0.1, 0.15) is 19.3 Å². The van der Waals surface area contributed by atoms with Crippen molar-refractivity contribution < 1.29 is 80.2 Å². The van der Waals surface area contributed by atoms with Gasteiger partial charge in [0.15, 0.2) is 12.2 Å². The molecule has 3 N–H and O–H groups in total. The molecule has 0 rings (SSSR count). The normalized spacial score (nSPS) is 14.9. The number of phosphoric acid groups is 2. The van der Waals surface area contributed by atoms with Gasteiger partial charge in [0.05, 0.1) is 32.8 Å². The molecule has 578 valence electrons. The van der Waals surface area contributed by atoms with Gasteiger partial charge in [-0.25, -0.2) is 9.13 Å². The quantitative estimate of drug-likeness (QED) is 0.0169. The van der Waals surface area contributed by atoms with Crippen molar-refractivity contribution in [2.24, 2.45) is 0 Å². The Morgan fingerprint density at radius 1 is 0.294 bits per heavy atom. The van der Waals surface area contributed by atoms with E-state index in [9.17, 15) is 43.2 Å². The lowest BCUT2D eigenvalue weighted by Crippen LogP contribution is -2.30. The van der Waals surface area contributed by atoms with Crippen LogP contribution in [0, 0.1) is 0 Å². The molecule has 0 aliphatic heterocycles. The number of hydrogen-bond acceptors (Lipinski definition) is 15. The molecule has 0 amide bonds. The van der Waals surface area contributed by atoms with Crippen LogP contribution in [0.3, 0.4) is 0 Å². The predicted molar refractivity (Wildman–Crippen MR) is 417 cm³/mol. The summed E-state index contributed by atoms with van der Waals surface area (Å²) in [5.74, 6) is -2.44. The van der Waals surface area contributed by atoms with E-state index in [-0.39, 0.29) is 25.7 Å². The van der Waals surface area contributed by atoms with Gasteiger partial charge in [-0.05, 0) is 122 Å². The van der Waals surface area contributed by atoms with Crippen LogP contribution < -0.4 is 0 Å². The monoisotopic (exact) mass is 1460 g/mol. The van der Waals surface area contributed by atoms with E-state index < -0.39 is 97.5 Å². The van der Waals surface area contributed by atoms with E-state index in [4.69, 9.17) is 37.0 Å². The second-order valence-corrected chi connectivity index (χ2v) is 27.7. The molecule has 0 spiro atoms. The van der Waals surface area contributed by atoms with Crippen LogP contribution in [0.1, 0.15) is 272 Å². The third-order valence-corrected chi connectivity index (χ3v) is 17.1. The largest absolute Gasteiger partial charge is 0.472 e. The van der Waals surface area contributed by atoms with Crippen molar-refractivity contribution in [1.29, 1.82) is 0 Å². The SMILES string of the molecule is CC/C=C\C/C=C\C/C=C\C/C=C\C/C=C\C/C=C\CCC(=O)OCC(COP(=O)(O)OCC(O)COP(=O)(O)OCC(COC(=O)CCCCCCCCC/C=C\C/C=C\C/C=C\CC)OC(=O)C/C=C\C/C=C\C/C=C\C/C=C\C/C=C\CC)OC(=O)CCCCCCCCCCCCC. The summed E-state index contributed by atoms with van der Waals surface area (Å²) in [5, 5.41) is 10.6. The summed E-state index contributed by atoms with van der Waals surface area (Å²) in [6.45, 7) is 4.29. The van der Waals surface area contributed by atoms with Gasteiger partial charge in [0, 0.05) is 19.3 Å². The molecule has 0 aromatic heterocycles. The second-order valence-electron chi connectivity index (χ2n) is 24.8. The van der Waals surface area contributed by atoms with Gasteiger partial charge in [-0.2, -0.15) is 0 Å². The highest BCUT2D eigenvalue weighted by atomic mass is 31.2. The van der Waals surface area contributed by atoms with Crippen molar-refractivity contribution >= 4 is 39.5 Å². The average Bonchev–Trinajstić information content (AvgIpc) is 0.926. The van der Waals surface area contributed by atoms with Crippen LogP contribution in [0.25, 0.3) is 0 Å². The lowest BCUT2D eigenvalue weighted by atomic mass is 10.1. The third-order valence-electron chi connectivity index (χ3n) is 15.2. The van der Waals surface area contributed by atoms with Crippen molar-refractivity contribution in [2.45, 2.75) is 290 Å². The number of unbranched alkanes of at least 4 members (excludes halogenated alkanes) is 17. The van der Waals surface area contributed by atoms with Gasteiger partial charge >= 0.3 is 39.5 Å². The highest BCUT2D eigenvalue weighted by molar-refractivity contribution is 7.47. The maximum Gasteiger partial charge on any atom is 0.472 e. The number of aliphatic hydroxyl groups excluding tert-OH is 1. The number of aliphatic hydroxyl groups is 1. The molecule has 0 aliphatic rings. The Morgan fingerprint density at radius 2 is 0.569 bits per heavy atom. The Morgan fingerprint density at radius 3 is 0.931 bits per heavy atom. The zero-order chi connectivity index (χ0) is 74.6. The Hall–Kier alpha value is -5.58. The lowest BCUT2D eigenvalue weighted by Gasteiger charge is -2.21. The molecule has 0 aromatic carbocycles. The number of carbonyl (C=O) groups excluding carboxylic acids is 4. The Kier molecular flexibility index (Phi) is 69.7. The summed E-state index contributed by atoms with van der Waals surface area (Å²) < 4.78 is 68.2. The number of carbonyl (C=O) groups is 4. The van der Waals surface area contributed by atoms with Crippen molar-refractivity contribution in [3.05, 3.63) is 170 Å². The van der Waals surface area contributed by atoms with Crippen molar-refractivity contribution in [3.63, 3.8) is 0 Å². The van der Waals surface area contributed by atoms with Gasteiger partial charge in [0.25, 0.3) is 0 Å². The topological polar surface area (TPSA) is 237 Å². The van der Waals surface area contributed by atoms with Crippen LogP contribution in [-0.2, 0) is 65.4 Å². The molecule has 17 nitrogen and oxygen atoms in total. The molecule has 0 saturated heterocycles. The fourth-order valence-electron chi connectivity index (χ4n) is 9.51. The third kappa shape index (κ3) is 72.8. The second kappa shape index (κ2) is 73.7. The first kappa shape index (κ1) is 96.4. The van der Waals surface area contributed by atoms with Crippen LogP contribution in [0.5, 0.6) is 0 Å². The highest BCUT2D eigenvalue weighted by Gasteiger charge is 2.30. The molecular formula is C83H134O17P2. The van der Waals surface area contributed by atoms with Crippen LogP contribution in [0.15, 0.2) is 170 Å². The molecular weight excluding hydrogens is 1330 g/mol. The number of allylic oxidation sites excluding steroid dienone is 27. The number of phosphoric ester groups is 2. The minimum Gasteiger partial charge on any atom is -0.462 e. The van der Waals surface area contributed by atoms with Crippen LogP contribution in [0.2, 0.25) is 0 Å². The van der Waals surface area contributed by atoms with Crippen molar-refractivity contribution in [3.8, 4) is 0 Å². The van der Waals surface area contributed by atoms with E-state index in [1.807, 2.05) is 30.4 Å². The predicted octanol–water partition coefficient (Wildman–Crippen LogP) is 22.2. The van der Waals surface area contributed by atoms with E-state index in [2.05, 4.69) is 155 Å². The minimum absolute atomic E-state index is 0.0304. The molecule has 0 radical (unpaired) electrons. The van der Waals surface area contributed by atoms with E-state index >= 15 is 0 Å². The molecule has 5 unspecified atom stereocenters. The molecule has 0 bridgehead atoms. The number of ether oxygens (including phenoxy) is 4. The van der Waals surface area contributed by atoms with Gasteiger partial charge in [-0.3, -0.25) is 37.3 Å². The zero-order valence-electron chi connectivity index (χ0n) is 63.0. The molecule has 0 aliphatic carbocycles. The maximum atomic E-state index is 13.1. The first-order valence-corrected chi connectivity index (χ1v) is 41.4. The Bertz CT molecular complexity index is 2600. The number of hydrogen-bond donors (Lipinski definition) is 3. The first-order chi connectivity index (χ1) is 49.7. The first-order valence-electron chi connectivity index (χ1n) is 38.4. The Balaban J connectivity index is 5.46. The highest BCUT2D eigenvalue weighted by Crippen LogP contribution is 2.45. The van der Waals surface area contributed by atoms with Crippen molar-refractivity contribution in [1.82, 2.24) is 0 Å². The average molecular weight is 1470 g/mol. The van der Waals surface area contributed by atoms with Gasteiger partial charge in [0.2, 0.25) is 0 Å². The smallest absolute Gasteiger partial charge is 0.462 e.